The molecule has 0 fully saturated rings. The molecule has 0 heterocycles. The zero-order valence-corrected chi connectivity index (χ0v) is 9.59. The summed E-state index contributed by atoms with van der Waals surface area (Å²) in [6, 6.07) is 2.79. The van der Waals surface area contributed by atoms with Gasteiger partial charge in [0.1, 0.15) is 11.3 Å². The summed E-state index contributed by atoms with van der Waals surface area (Å²) in [6.07, 6.45) is 0. The summed E-state index contributed by atoms with van der Waals surface area (Å²) in [5.41, 5.74) is 0.122. The third-order valence-corrected chi connectivity index (χ3v) is 2.97. The summed E-state index contributed by atoms with van der Waals surface area (Å²) < 4.78 is 5.16. The second kappa shape index (κ2) is 4.15. The molecule has 1 N–H and O–H groups in total. The summed E-state index contributed by atoms with van der Waals surface area (Å²) in [7, 11) is 1.25. The van der Waals surface area contributed by atoms with Crippen LogP contribution in [-0.2, 0) is 4.74 Å². The Balaban J connectivity index is 3.23. The molecule has 0 amide bonds. The molecule has 0 radical (unpaired) electrons. The largest absolute Gasteiger partial charge is 0.507 e. The monoisotopic (exact) mass is 312 g/mol. The minimum absolute atomic E-state index is 0.122. The number of benzene rings is 1. The van der Waals surface area contributed by atoms with E-state index in [-0.39, 0.29) is 11.3 Å². The standard InChI is InChI=1S/C8H6ClIO3/c1-13-8(12)4-2-6(10)5(9)3-7(4)11/h2-3,11H,1H3. The predicted octanol–water partition coefficient (Wildman–Crippen LogP) is 2.44. The van der Waals surface area contributed by atoms with Gasteiger partial charge in [0.05, 0.1) is 12.1 Å². The number of carbonyl (C=O) groups excluding carboxylic acids is 1. The molecule has 3 nitrogen and oxygen atoms in total. The van der Waals surface area contributed by atoms with Gasteiger partial charge in [-0.2, -0.15) is 0 Å². The molecule has 0 aliphatic rings. The van der Waals surface area contributed by atoms with Crippen LogP contribution in [0.4, 0.5) is 0 Å². The molecular formula is C8H6ClIO3. The van der Waals surface area contributed by atoms with Crippen molar-refractivity contribution in [2.24, 2.45) is 0 Å². The molecule has 1 rings (SSSR count). The summed E-state index contributed by atoms with van der Waals surface area (Å²) in [4.78, 5) is 11.1. The Morgan fingerprint density at radius 3 is 2.77 bits per heavy atom. The first-order valence-corrected chi connectivity index (χ1v) is 4.78. The summed E-state index contributed by atoms with van der Waals surface area (Å²) in [5.74, 6) is -0.746. The molecule has 0 bridgehead atoms. The first-order chi connectivity index (χ1) is 6.06. The number of halogens is 2. The molecule has 70 valence electrons. The highest BCUT2D eigenvalue weighted by Gasteiger charge is 2.13. The topological polar surface area (TPSA) is 46.5 Å². The SMILES string of the molecule is COC(=O)c1cc(I)c(Cl)cc1O. The highest BCUT2D eigenvalue weighted by Crippen LogP contribution is 2.27. The van der Waals surface area contributed by atoms with Gasteiger partial charge < -0.3 is 9.84 Å². The van der Waals surface area contributed by atoms with Crippen molar-refractivity contribution in [2.45, 2.75) is 0 Å². The van der Waals surface area contributed by atoms with Crippen molar-refractivity contribution in [2.75, 3.05) is 7.11 Å². The lowest BCUT2D eigenvalue weighted by Gasteiger charge is -2.04. The van der Waals surface area contributed by atoms with Crippen molar-refractivity contribution < 1.29 is 14.6 Å². The number of hydrogen-bond acceptors (Lipinski definition) is 3. The van der Waals surface area contributed by atoms with E-state index in [1.54, 1.807) is 0 Å². The molecular weight excluding hydrogens is 306 g/mol. The molecule has 0 atom stereocenters. The molecule has 1 aromatic rings. The van der Waals surface area contributed by atoms with E-state index in [0.717, 1.165) is 0 Å². The fraction of sp³-hybridized carbons (Fsp3) is 0.125. The van der Waals surface area contributed by atoms with Crippen molar-refractivity contribution in [3.63, 3.8) is 0 Å². The number of ether oxygens (including phenoxy) is 1. The van der Waals surface area contributed by atoms with Gasteiger partial charge in [0, 0.05) is 9.64 Å². The van der Waals surface area contributed by atoms with Gasteiger partial charge in [-0.3, -0.25) is 0 Å². The van der Waals surface area contributed by atoms with E-state index in [1.165, 1.54) is 19.2 Å². The molecule has 0 saturated heterocycles. The minimum Gasteiger partial charge on any atom is -0.507 e. The van der Waals surface area contributed by atoms with E-state index >= 15 is 0 Å². The van der Waals surface area contributed by atoms with Crippen LogP contribution in [0.5, 0.6) is 5.75 Å². The number of phenolic OH excluding ortho intramolecular Hbond substituents is 1. The second-order valence-corrected chi connectivity index (χ2v) is 3.84. The summed E-state index contributed by atoms with van der Waals surface area (Å²) in [5, 5.41) is 9.74. The van der Waals surface area contributed by atoms with Crippen LogP contribution in [0.2, 0.25) is 5.02 Å². The molecule has 1 aromatic carbocycles. The fourth-order valence-corrected chi connectivity index (χ4v) is 1.43. The van der Waals surface area contributed by atoms with Crippen LogP contribution in [-0.4, -0.2) is 18.2 Å². The number of phenols is 1. The third-order valence-electron chi connectivity index (χ3n) is 1.44. The Labute approximate surface area is 93.8 Å². The zero-order chi connectivity index (χ0) is 10.0. The number of esters is 1. The van der Waals surface area contributed by atoms with Crippen LogP contribution in [0, 0.1) is 3.57 Å². The predicted molar refractivity (Wildman–Crippen MR) is 57.2 cm³/mol. The maximum absolute atomic E-state index is 11.1. The molecule has 13 heavy (non-hydrogen) atoms. The molecule has 0 aromatic heterocycles. The molecule has 0 aliphatic heterocycles. The van der Waals surface area contributed by atoms with Crippen molar-refractivity contribution in [1.82, 2.24) is 0 Å². The lowest BCUT2D eigenvalue weighted by molar-refractivity contribution is 0.0597. The lowest BCUT2D eigenvalue weighted by atomic mass is 10.2. The van der Waals surface area contributed by atoms with Gasteiger partial charge >= 0.3 is 5.97 Å². The Morgan fingerprint density at radius 2 is 2.23 bits per heavy atom. The highest BCUT2D eigenvalue weighted by atomic mass is 127. The molecule has 0 spiro atoms. The first-order valence-electron chi connectivity index (χ1n) is 3.32. The number of carbonyl (C=O) groups is 1. The van der Waals surface area contributed by atoms with Crippen molar-refractivity contribution in [3.8, 4) is 5.75 Å². The molecule has 0 unspecified atom stereocenters. The van der Waals surface area contributed by atoms with Gasteiger partial charge in [-0.05, 0) is 28.7 Å². The Kier molecular flexibility index (Phi) is 3.38. The van der Waals surface area contributed by atoms with Crippen molar-refractivity contribution >= 4 is 40.2 Å². The van der Waals surface area contributed by atoms with E-state index in [0.29, 0.717) is 8.59 Å². The average Bonchev–Trinajstić information content (AvgIpc) is 2.10. The van der Waals surface area contributed by atoms with Crippen LogP contribution in [0.3, 0.4) is 0 Å². The maximum Gasteiger partial charge on any atom is 0.341 e. The fourth-order valence-electron chi connectivity index (χ4n) is 0.810. The van der Waals surface area contributed by atoms with E-state index in [4.69, 9.17) is 11.6 Å². The van der Waals surface area contributed by atoms with Crippen molar-refractivity contribution in [1.29, 1.82) is 0 Å². The summed E-state index contributed by atoms with van der Waals surface area (Å²) >= 11 is 7.68. The van der Waals surface area contributed by atoms with Gasteiger partial charge in [0.25, 0.3) is 0 Å². The van der Waals surface area contributed by atoms with E-state index in [2.05, 4.69) is 4.74 Å². The normalized spacial score (nSPS) is 9.77. The number of aromatic hydroxyl groups is 1. The second-order valence-electron chi connectivity index (χ2n) is 2.28. The van der Waals surface area contributed by atoms with Gasteiger partial charge in [-0.1, -0.05) is 11.6 Å². The van der Waals surface area contributed by atoms with Gasteiger partial charge in [-0.15, -0.1) is 0 Å². The van der Waals surface area contributed by atoms with Crippen LogP contribution in [0.25, 0.3) is 0 Å². The lowest BCUT2D eigenvalue weighted by Crippen LogP contribution is -2.01. The van der Waals surface area contributed by atoms with Gasteiger partial charge in [-0.25, -0.2) is 4.79 Å². The first kappa shape index (κ1) is 10.6. The number of rotatable bonds is 1. The third kappa shape index (κ3) is 2.25. The average molecular weight is 312 g/mol. The molecule has 0 saturated carbocycles. The Hall–Kier alpha value is -0.490. The smallest absolute Gasteiger partial charge is 0.341 e. The van der Waals surface area contributed by atoms with Crippen LogP contribution in [0.15, 0.2) is 12.1 Å². The van der Waals surface area contributed by atoms with E-state index in [9.17, 15) is 9.90 Å². The minimum atomic E-state index is -0.577. The van der Waals surface area contributed by atoms with Crippen molar-refractivity contribution in [3.05, 3.63) is 26.3 Å². The maximum atomic E-state index is 11.1. The van der Waals surface area contributed by atoms with Crippen LogP contribution < -0.4 is 0 Å². The highest BCUT2D eigenvalue weighted by molar-refractivity contribution is 14.1. The number of hydrogen-bond donors (Lipinski definition) is 1. The molecule has 5 heteroatoms. The van der Waals surface area contributed by atoms with Crippen LogP contribution >= 0.6 is 34.2 Å². The Morgan fingerprint density at radius 1 is 1.62 bits per heavy atom. The Bertz CT molecular complexity index is 351. The van der Waals surface area contributed by atoms with Gasteiger partial charge in [0.2, 0.25) is 0 Å². The number of methoxy groups -OCH3 is 1. The zero-order valence-electron chi connectivity index (χ0n) is 6.67. The molecule has 0 aliphatic carbocycles. The van der Waals surface area contributed by atoms with E-state index in [1.807, 2.05) is 22.6 Å². The van der Waals surface area contributed by atoms with Crippen LogP contribution in [0.1, 0.15) is 10.4 Å². The van der Waals surface area contributed by atoms with E-state index < -0.39 is 5.97 Å². The van der Waals surface area contributed by atoms with Gasteiger partial charge in [0.15, 0.2) is 0 Å². The summed E-state index contributed by atoms with van der Waals surface area (Å²) in [6.45, 7) is 0. The quantitative estimate of drug-likeness (QED) is 0.640.